The maximum Gasteiger partial charge on any atom is 0.323 e. The van der Waals surface area contributed by atoms with Crippen LogP contribution >= 0.6 is 0 Å². The number of nitrogens with one attached hydrogen (secondary N) is 2. The van der Waals surface area contributed by atoms with Gasteiger partial charge >= 0.3 is 12.0 Å². The minimum atomic E-state index is -0.844. The molecule has 7 nitrogen and oxygen atoms in total. The van der Waals surface area contributed by atoms with Crippen molar-refractivity contribution in [1.29, 1.82) is 0 Å². The number of hydrogen-bond donors (Lipinski definition) is 3. The van der Waals surface area contributed by atoms with E-state index in [1.54, 1.807) is 0 Å². The summed E-state index contributed by atoms with van der Waals surface area (Å²) in [7, 11) is 0. The minimum Gasteiger partial charge on any atom is -0.481 e. The summed E-state index contributed by atoms with van der Waals surface area (Å²) < 4.78 is 0. The summed E-state index contributed by atoms with van der Waals surface area (Å²) in [6.45, 7) is 5.19. The van der Waals surface area contributed by atoms with E-state index in [4.69, 9.17) is 0 Å². The van der Waals surface area contributed by atoms with Crippen LogP contribution in [0.1, 0.15) is 56.9 Å². The molecule has 3 N–H and O–H groups in total. The first kappa shape index (κ1) is 20.7. The maximum atomic E-state index is 13.0. The third kappa shape index (κ3) is 4.46. The number of aliphatic carboxylic acids is 1. The Balaban J connectivity index is 1.45. The molecule has 1 aromatic heterocycles. The van der Waals surface area contributed by atoms with Gasteiger partial charge in [-0.25, -0.2) is 4.79 Å². The van der Waals surface area contributed by atoms with E-state index < -0.39 is 5.97 Å². The molecule has 1 aliphatic heterocycles. The molecular formula is C23H32N4O3. The number of carboxylic acids is 1. The molecule has 2 amide bonds. The quantitative estimate of drug-likeness (QED) is 0.686. The van der Waals surface area contributed by atoms with Crippen molar-refractivity contribution in [3.05, 3.63) is 29.8 Å². The molecule has 2 aliphatic rings. The third-order valence-corrected chi connectivity index (χ3v) is 6.64. The zero-order valence-electron chi connectivity index (χ0n) is 17.7. The van der Waals surface area contributed by atoms with Crippen molar-refractivity contribution in [2.75, 3.05) is 31.5 Å². The molecule has 1 aliphatic carbocycles. The number of hydrogen-bond acceptors (Lipinski definition) is 3. The Morgan fingerprint density at radius 2 is 1.83 bits per heavy atom. The van der Waals surface area contributed by atoms with Crippen LogP contribution in [0.4, 0.5) is 10.6 Å². The van der Waals surface area contributed by atoms with Gasteiger partial charge in [0.2, 0.25) is 0 Å². The number of carbonyl (C=O) groups is 2. The molecule has 2 fully saturated rings. The first-order valence-electron chi connectivity index (χ1n) is 11.2. The van der Waals surface area contributed by atoms with Gasteiger partial charge in [0.25, 0.3) is 0 Å². The van der Waals surface area contributed by atoms with Crippen LogP contribution in [0.25, 0.3) is 10.9 Å². The Kier molecular flexibility index (Phi) is 6.27. The summed E-state index contributed by atoms with van der Waals surface area (Å²) in [5.74, 6) is -0.439. The number of rotatable bonds is 5. The second-order valence-electron chi connectivity index (χ2n) is 8.70. The van der Waals surface area contributed by atoms with Gasteiger partial charge in [-0.1, -0.05) is 44.4 Å². The highest BCUT2D eigenvalue weighted by Crippen LogP contribution is 2.34. The maximum absolute atomic E-state index is 13.0. The number of nitrogens with zero attached hydrogens (tertiary/aromatic N) is 2. The molecule has 2 heterocycles. The normalized spacial score (nSPS) is 19.7. The van der Waals surface area contributed by atoms with Gasteiger partial charge in [-0.15, -0.1) is 0 Å². The Hall–Kier alpha value is -2.54. The number of benzene rings is 1. The lowest BCUT2D eigenvalue weighted by Crippen LogP contribution is -2.53. The van der Waals surface area contributed by atoms with Crippen LogP contribution < -0.4 is 5.32 Å². The van der Waals surface area contributed by atoms with E-state index in [9.17, 15) is 14.7 Å². The van der Waals surface area contributed by atoms with Gasteiger partial charge in [-0.2, -0.15) is 0 Å². The number of aromatic nitrogens is 1. The highest BCUT2D eigenvalue weighted by molar-refractivity contribution is 5.96. The molecule has 7 heteroatoms. The fraction of sp³-hybridized carbons (Fsp3) is 0.565. The van der Waals surface area contributed by atoms with E-state index in [0.717, 1.165) is 42.6 Å². The number of aromatic amines is 1. The molecule has 1 unspecified atom stereocenters. The van der Waals surface area contributed by atoms with Crippen LogP contribution in [0, 0.1) is 0 Å². The minimum absolute atomic E-state index is 0.0186. The first-order chi connectivity index (χ1) is 14.5. The van der Waals surface area contributed by atoms with Crippen LogP contribution in [0.2, 0.25) is 0 Å². The fourth-order valence-electron chi connectivity index (χ4n) is 5.06. The van der Waals surface area contributed by atoms with Crippen molar-refractivity contribution < 1.29 is 14.7 Å². The van der Waals surface area contributed by atoms with Crippen LogP contribution in [-0.4, -0.2) is 64.1 Å². The monoisotopic (exact) mass is 412 g/mol. The van der Waals surface area contributed by atoms with Gasteiger partial charge in [0.15, 0.2) is 0 Å². The van der Waals surface area contributed by atoms with Crippen LogP contribution in [0.3, 0.4) is 0 Å². The SMILES string of the molecule is CC(CC(=O)O)c1c(NC(=O)N2CCN(C3CCCCC3)CC2)[nH]c2ccccc12. The Morgan fingerprint density at radius 3 is 2.53 bits per heavy atom. The lowest BCUT2D eigenvalue weighted by atomic mass is 9.94. The van der Waals surface area contributed by atoms with Gasteiger partial charge in [0, 0.05) is 48.7 Å². The summed E-state index contributed by atoms with van der Waals surface area (Å²) in [5.41, 5.74) is 1.77. The first-order valence-corrected chi connectivity index (χ1v) is 11.2. The van der Waals surface area contributed by atoms with Crippen molar-refractivity contribution in [3.63, 3.8) is 0 Å². The molecule has 1 saturated carbocycles. The van der Waals surface area contributed by atoms with E-state index >= 15 is 0 Å². The van der Waals surface area contributed by atoms with Crippen molar-refractivity contribution in [3.8, 4) is 0 Å². The third-order valence-electron chi connectivity index (χ3n) is 6.64. The number of piperazine rings is 1. The van der Waals surface area contributed by atoms with E-state index in [1.807, 2.05) is 36.1 Å². The fourth-order valence-corrected chi connectivity index (χ4v) is 5.06. The number of carbonyl (C=O) groups excluding carboxylic acids is 1. The molecule has 2 aromatic rings. The van der Waals surface area contributed by atoms with E-state index in [-0.39, 0.29) is 18.4 Å². The number of fused-ring (bicyclic) bond motifs is 1. The average Bonchev–Trinajstić information content (AvgIpc) is 3.12. The van der Waals surface area contributed by atoms with Crippen molar-refractivity contribution in [1.82, 2.24) is 14.8 Å². The number of carboxylic acid groups (broad SMARTS) is 1. The van der Waals surface area contributed by atoms with Gasteiger partial charge in [-0.05, 0) is 24.8 Å². The lowest BCUT2D eigenvalue weighted by molar-refractivity contribution is -0.137. The molecule has 1 saturated heterocycles. The largest absolute Gasteiger partial charge is 0.481 e. The van der Waals surface area contributed by atoms with E-state index in [2.05, 4.69) is 15.2 Å². The summed E-state index contributed by atoms with van der Waals surface area (Å²) in [6.07, 6.45) is 6.58. The molecule has 0 spiro atoms. The van der Waals surface area contributed by atoms with Gasteiger partial charge in [0.05, 0.1) is 6.42 Å². The van der Waals surface area contributed by atoms with Gasteiger partial charge < -0.3 is 15.0 Å². The second kappa shape index (κ2) is 9.08. The standard InChI is InChI=1S/C23H32N4O3/c1-16(15-20(28)29)21-18-9-5-6-10-19(18)24-22(21)25-23(30)27-13-11-26(12-14-27)17-7-3-2-4-8-17/h5-6,9-10,16-17,24H,2-4,7-8,11-15H2,1H3,(H,25,30)(H,28,29). The summed E-state index contributed by atoms with van der Waals surface area (Å²) in [6, 6.07) is 8.35. The number of H-pyrrole nitrogens is 1. The molecule has 30 heavy (non-hydrogen) atoms. The van der Waals surface area contributed by atoms with Crippen molar-refractivity contribution >= 4 is 28.7 Å². The van der Waals surface area contributed by atoms with Crippen molar-refractivity contribution in [2.24, 2.45) is 0 Å². The zero-order chi connectivity index (χ0) is 21.1. The highest BCUT2D eigenvalue weighted by atomic mass is 16.4. The Labute approximate surface area is 177 Å². The van der Waals surface area contributed by atoms with Crippen molar-refractivity contribution in [2.45, 2.75) is 57.4 Å². The summed E-state index contributed by atoms with van der Waals surface area (Å²) >= 11 is 0. The highest BCUT2D eigenvalue weighted by Gasteiger charge is 2.28. The zero-order valence-corrected chi connectivity index (χ0v) is 17.7. The van der Waals surface area contributed by atoms with E-state index in [0.29, 0.717) is 11.9 Å². The topological polar surface area (TPSA) is 88.7 Å². The van der Waals surface area contributed by atoms with Crippen LogP contribution in [-0.2, 0) is 4.79 Å². The lowest BCUT2D eigenvalue weighted by Gasteiger charge is -2.40. The summed E-state index contributed by atoms with van der Waals surface area (Å²) in [5, 5.41) is 13.3. The van der Waals surface area contributed by atoms with Crippen LogP contribution in [0.5, 0.6) is 0 Å². The van der Waals surface area contributed by atoms with Gasteiger partial charge in [-0.3, -0.25) is 15.0 Å². The molecule has 1 aromatic carbocycles. The van der Waals surface area contributed by atoms with E-state index in [1.165, 1.54) is 32.1 Å². The number of para-hydroxylation sites is 1. The smallest absolute Gasteiger partial charge is 0.323 e. The molecule has 1 atom stereocenters. The Bertz CT molecular complexity index is 895. The molecule has 0 radical (unpaired) electrons. The number of anilines is 1. The number of urea groups is 1. The second-order valence-corrected chi connectivity index (χ2v) is 8.70. The predicted octanol–water partition coefficient (Wildman–Crippen LogP) is 4.23. The Morgan fingerprint density at radius 1 is 1.13 bits per heavy atom. The summed E-state index contributed by atoms with van der Waals surface area (Å²) in [4.78, 5) is 32.0. The van der Waals surface area contributed by atoms with Gasteiger partial charge in [0.1, 0.15) is 5.82 Å². The molecule has 4 rings (SSSR count). The molecule has 162 valence electrons. The predicted molar refractivity (Wildman–Crippen MR) is 118 cm³/mol. The number of amides is 2. The molecular weight excluding hydrogens is 380 g/mol. The average molecular weight is 413 g/mol. The molecule has 0 bridgehead atoms. The van der Waals surface area contributed by atoms with Crippen LogP contribution in [0.15, 0.2) is 24.3 Å².